The molecule has 1 aromatic rings. The quantitative estimate of drug-likeness (QED) is 0.777. The van der Waals surface area contributed by atoms with Crippen LogP contribution in [0.2, 0.25) is 0 Å². The molecule has 2 rings (SSSR count). The summed E-state index contributed by atoms with van der Waals surface area (Å²) in [7, 11) is 0. The molecule has 8 heteroatoms. The van der Waals surface area contributed by atoms with Crippen LogP contribution in [0.3, 0.4) is 0 Å². The van der Waals surface area contributed by atoms with Crippen LogP contribution in [0, 0.1) is 5.92 Å². The van der Waals surface area contributed by atoms with Gasteiger partial charge in [-0.1, -0.05) is 0 Å². The molecule has 5 nitrogen and oxygen atoms in total. The van der Waals surface area contributed by atoms with Crippen LogP contribution in [0.5, 0.6) is 0 Å². The minimum absolute atomic E-state index is 0.118. The van der Waals surface area contributed by atoms with Crippen LogP contribution in [-0.2, 0) is 16.0 Å². The van der Waals surface area contributed by atoms with Gasteiger partial charge in [0.2, 0.25) is 0 Å². The fraction of sp³-hybridized carbons (Fsp3) is 0.667. The summed E-state index contributed by atoms with van der Waals surface area (Å²) >= 11 is 0. The summed E-state index contributed by atoms with van der Waals surface area (Å²) in [4.78, 5) is 21.9. The Balaban J connectivity index is 1.92. The molecule has 1 fully saturated rings. The van der Waals surface area contributed by atoms with Crippen molar-refractivity contribution in [2.75, 3.05) is 24.6 Å². The summed E-state index contributed by atoms with van der Waals surface area (Å²) in [6.07, 6.45) is -1.08. The molecule has 1 aliphatic rings. The number of alkyl halides is 3. The number of halogens is 3. The molecule has 0 spiro atoms. The van der Waals surface area contributed by atoms with E-state index in [0.29, 0.717) is 44.0 Å². The largest absolute Gasteiger partial charge is 0.466 e. The predicted molar refractivity (Wildman–Crippen MR) is 78.0 cm³/mol. The first kappa shape index (κ1) is 17.5. The number of rotatable bonds is 5. The fourth-order valence-electron chi connectivity index (χ4n) is 2.54. The van der Waals surface area contributed by atoms with Crippen molar-refractivity contribution in [1.29, 1.82) is 0 Å². The molecular formula is C15H20F3N3O2. The van der Waals surface area contributed by atoms with Crippen molar-refractivity contribution in [3.05, 3.63) is 18.1 Å². The zero-order chi connectivity index (χ0) is 16.9. The number of nitrogens with zero attached hydrogens (tertiary/aromatic N) is 3. The highest BCUT2D eigenvalue weighted by atomic mass is 19.4. The smallest absolute Gasteiger partial charge is 0.389 e. The molecule has 0 amide bonds. The summed E-state index contributed by atoms with van der Waals surface area (Å²) in [5.41, 5.74) is 0.326. The Labute approximate surface area is 132 Å². The molecule has 1 saturated heterocycles. The minimum atomic E-state index is -4.20. The Morgan fingerprint density at radius 1 is 1.35 bits per heavy atom. The van der Waals surface area contributed by atoms with Crippen LogP contribution >= 0.6 is 0 Å². The summed E-state index contributed by atoms with van der Waals surface area (Å²) < 4.78 is 41.8. The molecule has 0 N–H and O–H groups in total. The van der Waals surface area contributed by atoms with E-state index in [1.165, 1.54) is 6.20 Å². The van der Waals surface area contributed by atoms with E-state index in [-0.39, 0.29) is 18.3 Å². The van der Waals surface area contributed by atoms with Gasteiger partial charge in [-0.25, -0.2) is 4.98 Å². The second-order valence-electron chi connectivity index (χ2n) is 5.50. The van der Waals surface area contributed by atoms with E-state index in [1.807, 2.05) is 4.90 Å². The summed E-state index contributed by atoms with van der Waals surface area (Å²) in [6.45, 7) is 3.36. The molecule has 0 aliphatic carbocycles. The van der Waals surface area contributed by atoms with Crippen molar-refractivity contribution in [3.8, 4) is 0 Å². The second-order valence-corrected chi connectivity index (χ2v) is 5.50. The van der Waals surface area contributed by atoms with Gasteiger partial charge in [0.15, 0.2) is 0 Å². The molecule has 23 heavy (non-hydrogen) atoms. The van der Waals surface area contributed by atoms with Gasteiger partial charge in [-0.05, 0) is 26.2 Å². The average Bonchev–Trinajstić information content (AvgIpc) is 2.53. The Morgan fingerprint density at radius 2 is 2.04 bits per heavy atom. The van der Waals surface area contributed by atoms with Crippen LogP contribution in [-0.4, -0.2) is 41.8 Å². The number of carbonyl (C=O) groups is 1. The first-order chi connectivity index (χ1) is 10.9. The van der Waals surface area contributed by atoms with Gasteiger partial charge < -0.3 is 9.64 Å². The Bertz CT molecular complexity index is 529. The molecule has 0 radical (unpaired) electrons. The van der Waals surface area contributed by atoms with Gasteiger partial charge >= 0.3 is 12.1 Å². The predicted octanol–water partition coefficient (Wildman–Crippen LogP) is 2.75. The molecule has 0 aromatic carbocycles. The minimum Gasteiger partial charge on any atom is -0.466 e. The average molecular weight is 331 g/mol. The van der Waals surface area contributed by atoms with Crippen molar-refractivity contribution >= 4 is 11.8 Å². The summed E-state index contributed by atoms with van der Waals surface area (Å²) in [5.74, 6) is 0.261. The highest BCUT2D eigenvalue weighted by Crippen LogP contribution is 2.24. The number of aryl methyl sites for hydroxylation is 1. The molecule has 0 unspecified atom stereocenters. The number of hydrogen-bond acceptors (Lipinski definition) is 5. The molecule has 0 saturated carbocycles. The lowest BCUT2D eigenvalue weighted by Gasteiger charge is -2.31. The number of esters is 1. The molecule has 128 valence electrons. The summed E-state index contributed by atoms with van der Waals surface area (Å²) in [6, 6.07) is 0. The third kappa shape index (κ3) is 5.37. The highest BCUT2D eigenvalue weighted by molar-refractivity contribution is 5.72. The second kappa shape index (κ2) is 7.61. The van der Waals surface area contributed by atoms with Gasteiger partial charge in [-0.15, -0.1) is 0 Å². The van der Waals surface area contributed by atoms with Crippen molar-refractivity contribution in [1.82, 2.24) is 9.97 Å². The first-order valence-electron chi connectivity index (χ1n) is 7.68. The van der Waals surface area contributed by atoms with Crippen molar-refractivity contribution < 1.29 is 22.7 Å². The lowest BCUT2D eigenvalue weighted by Crippen LogP contribution is -2.37. The van der Waals surface area contributed by atoms with Gasteiger partial charge in [0.1, 0.15) is 5.82 Å². The monoisotopic (exact) mass is 331 g/mol. The lowest BCUT2D eigenvalue weighted by atomic mass is 9.97. The first-order valence-corrected chi connectivity index (χ1v) is 7.68. The third-order valence-corrected chi connectivity index (χ3v) is 3.78. The summed E-state index contributed by atoms with van der Waals surface area (Å²) in [5, 5.41) is 0. The van der Waals surface area contributed by atoms with E-state index in [2.05, 4.69) is 9.97 Å². The van der Waals surface area contributed by atoms with Crippen molar-refractivity contribution in [2.24, 2.45) is 5.92 Å². The maximum absolute atomic E-state index is 12.3. The zero-order valence-electron chi connectivity index (χ0n) is 13.0. The number of hydrogen-bond donors (Lipinski definition) is 0. The molecule has 2 heterocycles. The SMILES string of the molecule is CCOC(=O)C1CCN(c2cncc(CCC(F)(F)F)n2)CC1. The molecule has 0 atom stereocenters. The highest BCUT2D eigenvalue weighted by Gasteiger charge is 2.28. The number of anilines is 1. The lowest BCUT2D eigenvalue weighted by molar-refractivity contribution is -0.148. The van der Waals surface area contributed by atoms with Gasteiger partial charge in [-0.3, -0.25) is 9.78 Å². The van der Waals surface area contributed by atoms with E-state index in [4.69, 9.17) is 4.74 Å². The van der Waals surface area contributed by atoms with E-state index >= 15 is 0 Å². The van der Waals surface area contributed by atoms with Crippen LogP contribution < -0.4 is 4.90 Å². The van der Waals surface area contributed by atoms with Crippen molar-refractivity contribution in [3.63, 3.8) is 0 Å². The van der Waals surface area contributed by atoms with Crippen molar-refractivity contribution in [2.45, 2.75) is 38.8 Å². The van der Waals surface area contributed by atoms with E-state index < -0.39 is 12.6 Å². The molecular weight excluding hydrogens is 311 g/mol. The molecule has 0 bridgehead atoms. The molecule has 1 aliphatic heterocycles. The van der Waals surface area contributed by atoms with E-state index in [1.54, 1.807) is 13.1 Å². The Hall–Kier alpha value is -1.86. The van der Waals surface area contributed by atoms with Crippen LogP contribution in [0.15, 0.2) is 12.4 Å². The third-order valence-electron chi connectivity index (χ3n) is 3.78. The van der Waals surface area contributed by atoms with E-state index in [0.717, 1.165) is 0 Å². The zero-order valence-corrected chi connectivity index (χ0v) is 13.0. The van der Waals surface area contributed by atoms with E-state index in [9.17, 15) is 18.0 Å². The Kier molecular flexibility index (Phi) is 5.79. The Morgan fingerprint density at radius 3 is 2.65 bits per heavy atom. The topological polar surface area (TPSA) is 55.3 Å². The maximum Gasteiger partial charge on any atom is 0.389 e. The fourth-order valence-corrected chi connectivity index (χ4v) is 2.54. The van der Waals surface area contributed by atoms with Gasteiger partial charge in [0.25, 0.3) is 0 Å². The van der Waals surface area contributed by atoms with Gasteiger partial charge in [-0.2, -0.15) is 13.2 Å². The number of carbonyl (C=O) groups excluding carboxylic acids is 1. The molecule has 1 aromatic heterocycles. The van der Waals surface area contributed by atoms with Gasteiger partial charge in [0, 0.05) is 25.7 Å². The maximum atomic E-state index is 12.3. The standard InChI is InChI=1S/C15H20F3N3O2/c1-2-23-14(22)11-4-7-21(8-5-11)13-10-19-9-12(20-13)3-6-15(16,17)18/h9-11H,2-8H2,1H3. The number of aromatic nitrogens is 2. The number of ether oxygens (including phenoxy) is 1. The van der Waals surface area contributed by atoms with Gasteiger partial charge in [0.05, 0.1) is 24.4 Å². The van der Waals surface area contributed by atoms with Crippen LogP contribution in [0.25, 0.3) is 0 Å². The van der Waals surface area contributed by atoms with Crippen LogP contribution in [0.1, 0.15) is 31.9 Å². The van der Waals surface area contributed by atoms with Crippen LogP contribution in [0.4, 0.5) is 19.0 Å². The normalized spacial score (nSPS) is 16.4. The number of piperidine rings is 1.